The van der Waals surface area contributed by atoms with Crippen molar-refractivity contribution in [2.75, 3.05) is 5.32 Å². The third kappa shape index (κ3) is 3.64. The number of hydrogen-bond acceptors (Lipinski definition) is 4. The predicted octanol–water partition coefficient (Wildman–Crippen LogP) is 7.71. The Bertz CT molecular complexity index is 1200. The van der Waals surface area contributed by atoms with Crippen LogP contribution in [0, 0.1) is 11.3 Å². The summed E-state index contributed by atoms with van der Waals surface area (Å²) in [5.74, 6) is 1.86. The lowest BCUT2D eigenvalue weighted by Crippen LogP contribution is -2.38. The van der Waals surface area contributed by atoms with Gasteiger partial charge < -0.3 is 15.1 Å². The van der Waals surface area contributed by atoms with E-state index in [-0.39, 0.29) is 5.91 Å². The van der Waals surface area contributed by atoms with E-state index >= 15 is 0 Å². The van der Waals surface area contributed by atoms with Gasteiger partial charge in [0.15, 0.2) is 6.17 Å². The van der Waals surface area contributed by atoms with Gasteiger partial charge in [-0.1, -0.05) is 56.5 Å². The van der Waals surface area contributed by atoms with E-state index in [1.807, 2.05) is 24.3 Å². The molecule has 1 aliphatic carbocycles. The SMILES string of the molecule is CCC(C)(C)[C@H]1CCc2c(sc3c2C(=O)N[C@H](c2ccc(-c4cccc(Cl)c4Cl)o2)N3)C1. The molecule has 0 saturated heterocycles. The van der Waals surface area contributed by atoms with Crippen LogP contribution >= 0.6 is 34.5 Å². The molecule has 2 N–H and O–H groups in total. The molecule has 3 heterocycles. The van der Waals surface area contributed by atoms with Crippen LogP contribution in [0.5, 0.6) is 0 Å². The monoisotopic (exact) mass is 488 g/mol. The quantitative estimate of drug-likeness (QED) is 0.395. The molecule has 0 saturated carbocycles. The second-order valence-corrected chi connectivity index (χ2v) is 11.2. The van der Waals surface area contributed by atoms with Crippen LogP contribution in [0.4, 0.5) is 5.00 Å². The third-order valence-corrected chi connectivity index (χ3v) is 9.19. The molecule has 2 aromatic heterocycles. The first-order valence-electron chi connectivity index (χ1n) is 11.0. The number of benzene rings is 1. The second kappa shape index (κ2) is 8.12. The van der Waals surface area contributed by atoms with E-state index in [1.54, 1.807) is 17.4 Å². The number of anilines is 1. The molecule has 3 aromatic rings. The Morgan fingerprint density at radius 3 is 2.78 bits per heavy atom. The van der Waals surface area contributed by atoms with Crippen LogP contribution in [0.25, 0.3) is 11.3 Å². The molecule has 1 aromatic carbocycles. The Hall–Kier alpha value is -1.95. The molecule has 0 bridgehead atoms. The van der Waals surface area contributed by atoms with Crippen LogP contribution in [-0.2, 0) is 12.8 Å². The number of carbonyl (C=O) groups is 1. The maximum atomic E-state index is 13.1. The summed E-state index contributed by atoms with van der Waals surface area (Å²) in [5, 5.41) is 8.44. The molecule has 0 spiro atoms. The minimum Gasteiger partial charge on any atom is -0.457 e. The predicted molar refractivity (Wildman–Crippen MR) is 132 cm³/mol. The Labute approximate surface area is 202 Å². The van der Waals surface area contributed by atoms with Gasteiger partial charge in [0.05, 0.1) is 15.6 Å². The number of halogens is 2. The molecule has 168 valence electrons. The van der Waals surface area contributed by atoms with Gasteiger partial charge in [0.1, 0.15) is 16.5 Å². The molecule has 32 heavy (non-hydrogen) atoms. The summed E-state index contributed by atoms with van der Waals surface area (Å²) in [6, 6.07) is 9.16. The highest BCUT2D eigenvalue weighted by Crippen LogP contribution is 2.47. The van der Waals surface area contributed by atoms with Crippen molar-refractivity contribution >= 4 is 45.4 Å². The van der Waals surface area contributed by atoms with E-state index in [2.05, 4.69) is 31.4 Å². The van der Waals surface area contributed by atoms with Crippen LogP contribution in [0.3, 0.4) is 0 Å². The van der Waals surface area contributed by atoms with Crippen molar-refractivity contribution < 1.29 is 9.21 Å². The first-order chi connectivity index (χ1) is 15.3. The molecule has 1 aliphatic heterocycles. The van der Waals surface area contributed by atoms with E-state index < -0.39 is 6.17 Å². The Morgan fingerprint density at radius 2 is 2.00 bits per heavy atom. The third-order valence-electron chi connectivity index (χ3n) is 7.19. The van der Waals surface area contributed by atoms with Gasteiger partial charge >= 0.3 is 0 Å². The van der Waals surface area contributed by atoms with Gasteiger partial charge in [-0.15, -0.1) is 11.3 Å². The summed E-state index contributed by atoms with van der Waals surface area (Å²) < 4.78 is 6.07. The van der Waals surface area contributed by atoms with Gasteiger partial charge in [0, 0.05) is 10.4 Å². The fourth-order valence-corrected chi connectivity index (χ4v) is 6.49. The van der Waals surface area contributed by atoms with Crippen molar-refractivity contribution in [3.8, 4) is 11.3 Å². The van der Waals surface area contributed by atoms with Crippen LogP contribution in [0.1, 0.15) is 66.3 Å². The average molecular weight is 489 g/mol. The van der Waals surface area contributed by atoms with Crippen molar-refractivity contribution in [2.45, 2.75) is 52.6 Å². The Morgan fingerprint density at radius 1 is 1.19 bits per heavy atom. The van der Waals surface area contributed by atoms with E-state index in [0.29, 0.717) is 32.9 Å². The van der Waals surface area contributed by atoms with Crippen molar-refractivity contribution in [1.82, 2.24) is 5.32 Å². The molecule has 2 atom stereocenters. The molecule has 2 aliphatic rings. The smallest absolute Gasteiger partial charge is 0.256 e. The summed E-state index contributed by atoms with van der Waals surface area (Å²) in [6.07, 6.45) is 3.88. The lowest BCUT2D eigenvalue weighted by molar-refractivity contribution is 0.0930. The van der Waals surface area contributed by atoms with E-state index in [9.17, 15) is 4.79 Å². The van der Waals surface area contributed by atoms with Gasteiger partial charge in [-0.2, -0.15) is 0 Å². The molecule has 7 heteroatoms. The number of amides is 1. The zero-order valence-corrected chi connectivity index (χ0v) is 20.7. The lowest BCUT2D eigenvalue weighted by atomic mass is 9.69. The van der Waals surface area contributed by atoms with Gasteiger partial charge in [0.25, 0.3) is 5.91 Å². The van der Waals surface area contributed by atoms with Crippen LogP contribution in [-0.4, -0.2) is 5.91 Å². The van der Waals surface area contributed by atoms with Crippen LogP contribution in [0.2, 0.25) is 10.0 Å². The molecule has 0 radical (unpaired) electrons. The lowest BCUT2D eigenvalue weighted by Gasteiger charge is -2.36. The Balaban J connectivity index is 1.41. The molecule has 0 unspecified atom stereocenters. The summed E-state index contributed by atoms with van der Waals surface area (Å²) in [6.45, 7) is 6.98. The zero-order chi connectivity index (χ0) is 22.6. The van der Waals surface area contributed by atoms with Crippen molar-refractivity contribution in [3.63, 3.8) is 0 Å². The minimum atomic E-state index is -0.426. The first kappa shape index (κ1) is 21.9. The second-order valence-electron chi connectivity index (χ2n) is 9.34. The highest BCUT2D eigenvalue weighted by molar-refractivity contribution is 7.16. The fourth-order valence-electron chi connectivity index (χ4n) is 4.74. The number of furan rings is 1. The number of hydrogen-bond donors (Lipinski definition) is 2. The number of nitrogens with one attached hydrogen (secondary N) is 2. The zero-order valence-electron chi connectivity index (χ0n) is 18.4. The minimum absolute atomic E-state index is 0.0341. The van der Waals surface area contributed by atoms with E-state index in [4.69, 9.17) is 27.6 Å². The van der Waals surface area contributed by atoms with Crippen molar-refractivity contribution in [2.24, 2.45) is 11.3 Å². The molecule has 1 amide bonds. The summed E-state index contributed by atoms with van der Waals surface area (Å²) in [7, 11) is 0. The summed E-state index contributed by atoms with van der Waals surface area (Å²) in [4.78, 5) is 14.4. The van der Waals surface area contributed by atoms with Gasteiger partial charge in [-0.25, -0.2) is 0 Å². The van der Waals surface area contributed by atoms with E-state index in [1.165, 1.54) is 10.4 Å². The largest absolute Gasteiger partial charge is 0.457 e. The number of thiophene rings is 1. The maximum absolute atomic E-state index is 13.1. The van der Waals surface area contributed by atoms with E-state index in [0.717, 1.165) is 41.8 Å². The number of carbonyl (C=O) groups excluding carboxylic acids is 1. The molecular formula is C25H26Cl2N2O2S. The topological polar surface area (TPSA) is 54.3 Å². The summed E-state index contributed by atoms with van der Waals surface area (Å²) >= 11 is 14.2. The molecule has 0 fully saturated rings. The molecular weight excluding hydrogens is 463 g/mol. The van der Waals surface area contributed by atoms with Gasteiger partial charge in [-0.05, 0) is 60.4 Å². The van der Waals surface area contributed by atoms with Crippen LogP contribution < -0.4 is 10.6 Å². The summed E-state index contributed by atoms with van der Waals surface area (Å²) in [5.41, 5.74) is 3.08. The highest BCUT2D eigenvalue weighted by Gasteiger charge is 2.38. The average Bonchev–Trinajstić information content (AvgIpc) is 3.40. The number of rotatable bonds is 4. The fraction of sp³-hybridized carbons (Fsp3) is 0.400. The highest BCUT2D eigenvalue weighted by atomic mass is 35.5. The van der Waals surface area contributed by atoms with Crippen molar-refractivity contribution in [3.05, 3.63) is 62.1 Å². The van der Waals surface area contributed by atoms with Crippen LogP contribution in [0.15, 0.2) is 34.7 Å². The number of fused-ring (bicyclic) bond motifs is 3. The van der Waals surface area contributed by atoms with Gasteiger partial charge in [0.2, 0.25) is 0 Å². The van der Waals surface area contributed by atoms with Gasteiger partial charge in [-0.3, -0.25) is 4.79 Å². The molecule has 5 rings (SSSR count). The molecule has 4 nitrogen and oxygen atoms in total. The van der Waals surface area contributed by atoms with Crippen molar-refractivity contribution in [1.29, 1.82) is 0 Å². The Kier molecular flexibility index (Phi) is 5.55. The standard InChI is InChI=1S/C25H26Cl2N2O2S/c1-4-25(2,3)13-8-9-15-19(12-13)32-24-20(15)23(30)28-22(29-24)18-11-10-17(31-18)14-6-5-7-16(26)21(14)27/h5-7,10-11,13,22,29H,4,8-9,12H2,1-3H3,(H,28,30)/t13-,22-/m0/s1. The first-order valence-corrected chi connectivity index (χ1v) is 12.6. The normalized spacial score (nSPS) is 20.3. The maximum Gasteiger partial charge on any atom is 0.256 e.